The fourth-order valence-corrected chi connectivity index (χ4v) is 1.79. The van der Waals surface area contributed by atoms with Crippen molar-refractivity contribution in [2.45, 2.75) is 13.3 Å². The zero-order valence-corrected chi connectivity index (χ0v) is 10.8. The Bertz CT molecular complexity index is 416. The summed E-state index contributed by atoms with van der Waals surface area (Å²) in [6, 6.07) is 3.56. The predicted molar refractivity (Wildman–Crippen MR) is 70.4 cm³/mol. The Morgan fingerprint density at radius 1 is 1.62 bits per heavy atom. The van der Waals surface area contributed by atoms with E-state index in [1.165, 1.54) is 0 Å². The molecule has 0 unspecified atom stereocenters. The third-order valence-electron chi connectivity index (χ3n) is 2.29. The summed E-state index contributed by atoms with van der Waals surface area (Å²) in [6.07, 6.45) is 2.52. The van der Waals surface area contributed by atoms with Crippen molar-refractivity contribution in [2.24, 2.45) is 0 Å². The maximum Gasteiger partial charge on any atom is 0.251 e. The quantitative estimate of drug-likeness (QED) is 0.507. The van der Waals surface area contributed by atoms with Crippen molar-refractivity contribution in [2.75, 3.05) is 12.3 Å². The third kappa shape index (κ3) is 3.10. The Balaban J connectivity index is 2.86. The second kappa shape index (κ2) is 5.70. The zero-order chi connectivity index (χ0) is 12.1. The molecule has 0 atom stereocenters. The summed E-state index contributed by atoms with van der Waals surface area (Å²) in [5.41, 5.74) is 7.81. The van der Waals surface area contributed by atoms with Crippen LogP contribution in [0.5, 0.6) is 0 Å². The highest BCUT2D eigenvalue weighted by atomic mass is 79.9. The van der Waals surface area contributed by atoms with Gasteiger partial charge in [-0.1, -0.05) is 22.0 Å². The molecule has 0 saturated carbocycles. The Hall–Kier alpha value is -1.29. The topological polar surface area (TPSA) is 55.1 Å². The van der Waals surface area contributed by atoms with Crippen molar-refractivity contribution >= 4 is 27.5 Å². The smallest absolute Gasteiger partial charge is 0.251 e. The first-order valence-electron chi connectivity index (χ1n) is 5.01. The molecule has 1 amide bonds. The minimum atomic E-state index is -0.104. The molecular weight excluding hydrogens is 268 g/mol. The highest BCUT2D eigenvalue weighted by Gasteiger charge is 2.11. The van der Waals surface area contributed by atoms with E-state index in [1.807, 2.05) is 6.92 Å². The van der Waals surface area contributed by atoms with Gasteiger partial charge >= 0.3 is 0 Å². The van der Waals surface area contributed by atoms with Crippen LogP contribution in [-0.2, 0) is 0 Å². The van der Waals surface area contributed by atoms with Crippen LogP contribution >= 0.6 is 15.9 Å². The lowest BCUT2D eigenvalue weighted by atomic mass is 10.1. The molecule has 0 fully saturated rings. The van der Waals surface area contributed by atoms with Gasteiger partial charge in [-0.05, 0) is 31.0 Å². The van der Waals surface area contributed by atoms with Crippen molar-refractivity contribution < 1.29 is 4.79 Å². The lowest BCUT2D eigenvalue weighted by molar-refractivity contribution is 0.0954. The second-order valence-electron chi connectivity index (χ2n) is 3.50. The normalized spacial score (nSPS) is 9.88. The number of nitrogens with two attached hydrogens (primary N) is 1. The fraction of sp³-hybridized carbons (Fsp3) is 0.250. The van der Waals surface area contributed by atoms with Gasteiger partial charge in [0.25, 0.3) is 5.91 Å². The summed E-state index contributed by atoms with van der Waals surface area (Å²) in [5, 5.41) is 2.81. The Kier molecular flexibility index (Phi) is 4.55. The molecule has 1 aromatic carbocycles. The number of carbonyl (C=O) groups is 1. The molecule has 0 bridgehead atoms. The molecule has 3 N–H and O–H groups in total. The maximum absolute atomic E-state index is 11.8. The zero-order valence-electron chi connectivity index (χ0n) is 9.22. The molecule has 3 nitrogen and oxygen atoms in total. The van der Waals surface area contributed by atoms with E-state index in [9.17, 15) is 4.79 Å². The van der Waals surface area contributed by atoms with Gasteiger partial charge in [0.15, 0.2) is 0 Å². The number of rotatable bonds is 4. The fourth-order valence-electron chi connectivity index (χ4n) is 1.32. The van der Waals surface area contributed by atoms with E-state index in [1.54, 1.807) is 18.2 Å². The van der Waals surface area contributed by atoms with Crippen LogP contribution in [-0.4, -0.2) is 12.5 Å². The molecule has 0 radical (unpaired) electrons. The van der Waals surface area contributed by atoms with Crippen molar-refractivity contribution in [1.82, 2.24) is 5.32 Å². The average Bonchev–Trinajstić information content (AvgIpc) is 2.23. The molecule has 0 saturated heterocycles. The van der Waals surface area contributed by atoms with Crippen LogP contribution in [0.3, 0.4) is 0 Å². The Labute approximate surface area is 104 Å². The van der Waals surface area contributed by atoms with Crippen molar-refractivity contribution in [3.8, 4) is 0 Å². The molecule has 0 spiro atoms. The predicted octanol–water partition coefficient (Wildman–Crippen LogP) is 2.65. The van der Waals surface area contributed by atoms with Crippen molar-refractivity contribution in [1.29, 1.82) is 0 Å². The van der Waals surface area contributed by atoms with E-state index in [0.29, 0.717) is 17.8 Å². The number of hydrogen-bond acceptors (Lipinski definition) is 2. The van der Waals surface area contributed by atoms with Crippen LogP contribution < -0.4 is 11.1 Å². The summed E-state index contributed by atoms with van der Waals surface area (Å²) >= 11 is 3.32. The number of nitrogen functional groups attached to an aromatic ring is 1. The van der Waals surface area contributed by atoms with Gasteiger partial charge in [0, 0.05) is 22.3 Å². The molecule has 0 aliphatic carbocycles. The van der Waals surface area contributed by atoms with Gasteiger partial charge < -0.3 is 11.1 Å². The number of amides is 1. The van der Waals surface area contributed by atoms with Gasteiger partial charge in [0.05, 0.1) is 0 Å². The van der Waals surface area contributed by atoms with Gasteiger partial charge in [0.1, 0.15) is 0 Å². The molecule has 16 heavy (non-hydrogen) atoms. The monoisotopic (exact) mass is 282 g/mol. The van der Waals surface area contributed by atoms with Crippen LogP contribution in [0.15, 0.2) is 29.3 Å². The molecule has 0 aliphatic heterocycles. The molecular formula is C12H15BrN2O. The number of carbonyl (C=O) groups excluding carboxylic acids is 1. The summed E-state index contributed by atoms with van der Waals surface area (Å²) in [5.74, 6) is -0.104. The summed E-state index contributed by atoms with van der Waals surface area (Å²) in [6.45, 7) is 6.03. The molecule has 4 heteroatoms. The minimum absolute atomic E-state index is 0.104. The highest BCUT2D eigenvalue weighted by molar-refractivity contribution is 9.10. The van der Waals surface area contributed by atoms with Crippen molar-refractivity contribution in [3.05, 3.63) is 40.4 Å². The molecule has 1 rings (SSSR count). The van der Waals surface area contributed by atoms with Gasteiger partial charge in [0.2, 0.25) is 0 Å². The first-order chi connectivity index (χ1) is 7.56. The summed E-state index contributed by atoms with van der Waals surface area (Å²) in [4.78, 5) is 11.8. The van der Waals surface area contributed by atoms with Gasteiger partial charge in [-0.25, -0.2) is 0 Å². The third-order valence-corrected chi connectivity index (χ3v) is 2.75. The molecule has 0 heterocycles. The van der Waals surface area contributed by atoms with E-state index in [-0.39, 0.29) is 5.91 Å². The van der Waals surface area contributed by atoms with Crippen LogP contribution in [0.1, 0.15) is 22.3 Å². The van der Waals surface area contributed by atoms with Gasteiger partial charge in [-0.15, -0.1) is 6.58 Å². The van der Waals surface area contributed by atoms with Gasteiger partial charge in [-0.3, -0.25) is 4.79 Å². The average molecular weight is 283 g/mol. The lowest BCUT2D eigenvalue weighted by Gasteiger charge is -2.09. The number of benzene rings is 1. The molecule has 0 aliphatic rings. The Morgan fingerprint density at radius 3 is 2.94 bits per heavy atom. The molecule has 86 valence electrons. The van der Waals surface area contributed by atoms with Crippen LogP contribution in [0.2, 0.25) is 0 Å². The second-order valence-corrected chi connectivity index (χ2v) is 4.42. The van der Waals surface area contributed by atoms with E-state index in [0.717, 1.165) is 16.5 Å². The number of nitrogens with one attached hydrogen (secondary N) is 1. The van der Waals surface area contributed by atoms with E-state index < -0.39 is 0 Å². The van der Waals surface area contributed by atoms with Crippen LogP contribution in [0, 0.1) is 6.92 Å². The largest absolute Gasteiger partial charge is 0.398 e. The SMILES string of the molecule is C=CCCNC(=O)c1cc(Br)cc(N)c1C. The number of anilines is 1. The van der Waals surface area contributed by atoms with E-state index >= 15 is 0 Å². The molecule has 0 aromatic heterocycles. The highest BCUT2D eigenvalue weighted by Crippen LogP contribution is 2.22. The molecule has 1 aromatic rings. The summed E-state index contributed by atoms with van der Waals surface area (Å²) < 4.78 is 0.810. The summed E-state index contributed by atoms with van der Waals surface area (Å²) in [7, 11) is 0. The maximum atomic E-state index is 11.8. The van der Waals surface area contributed by atoms with Crippen LogP contribution in [0.4, 0.5) is 5.69 Å². The Morgan fingerprint density at radius 2 is 2.31 bits per heavy atom. The van der Waals surface area contributed by atoms with Gasteiger partial charge in [-0.2, -0.15) is 0 Å². The first kappa shape index (κ1) is 12.8. The van der Waals surface area contributed by atoms with E-state index in [4.69, 9.17) is 5.73 Å². The minimum Gasteiger partial charge on any atom is -0.398 e. The number of hydrogen-bond donors (Lipinski definition) is 2. The van der Waals surface area contributed by atoms with E-state index in [2.05, 4.69) is 27.8 Å². The number of halogens is 1. The van der Waals surface area contributed by atoms with Crippen molar-refractivity contribution in [3.63, 3.8) is 0 Å². The first-order valence-corrected chi connectivity index (χ1v) is 5.80. The van der Waals surface area contributed by atoms with Crippen LogP contribution in [0.25, 0.3) is 0 Å². The standard InChI is InChI=1S/C12H15BrN2O/c1-3-4-5-15-12(16)10-6-9(13)7-11(14)8(10)2/h3,6-7H,1,4-5,14H2,2H3,(H,15,16). The lowest BCUT2D eigenvalue weighted by Crippen LogP contribution is -2.25.